The summed E-state index contributed by atoms with van der Waals surface area (Å²) in [7, 11) is 0. The minimum atomic E-state index is 0.0607. The first-order valence-corrected chi connectivity index (χ1v) is 3.52. The van der Waals surface area contributed by atoms with Crippen LogP contribution in [0.5, 0.6) is 5.75 Å². The molecule has 1 N–H and O–H groups in total. The highest BCUT2D eigenvalue weighted by atomic mass is 16.3. The van der Waals surface area contributed by atoms with E-state index in [1.54, 1.807) is 12.1 Å². The average molecular weight is 145 g/mol. The first kappa shape index (κ1) is 6.23. The van der Waals surface area contributed by atoms with Gasteiger partial charge in [-0.15, -0.1) is 0 Å². The quantitative estimate of drug-likeness (QED) is 0.602. The molecule has 1 aliphatic carbocycles. The molecule has 0 amide bonds. The van der Waals surface area contributed by atoms with Crippen molar-refractivity contribution in [3.63, 3.8) is 0 Å². The van der Waals surface area contributed by atoms with Gasteiger partial charge in [-0.3, -0.25) is 0 Å². The van der Waals surface area contributed by atoms with Gasteiger partial charge in [0.05, 0.1) is 12.0 Å². The third kappa shape index (κ3) is 0.779. The number of nitrogens with zero attached hydrogens (tertiary/aromatic N) is 1. The maximum Gasteiger partial charge on any atom is 0.115 e. The summed E-state index contributed by atoms with van der Waals surface area (Å²) in [5.41, 5.74) is 2.18. The summed E-state index contributed by atoms with van der Waals surface area (Å²) in [5.74, 6) is 0.353. The number of rotatable bonds is 0. The van der Waals surface area contributed by atoms with Crippen LogP contribution in [-0.2, 0) is 6.42 Å². The zero-order valence-corrected chi connectivity index (χ0v) is 5.91. The zero-order chi connectivity index (χ0) is 7.84. The van der Waals surface area contributed by atoms with Gasteiger partial charge < -0.3 is 5.11 Å². The second-order valence-corrected chi connectivity index (χ2v) is 2.77. The van der Waals surface area contributed by atoms with Crippen LogP contribution in [-0.4, -0.2) is 5.11 Å². The van der Waals surface area contributed by atoms with E-state index in [1.165, 1.54) is 0 Å². The van der Waals surface area contributed by atoms with Crippen molar-refractivity contribution in [3.05, 3.63) is 29.3 Å². The van der Waals surface area contributed by atoms with Crippen molar-refractivity contribution in [2.75, 3.05) is 0 Å². The van der Waals surface area contributed by atoms with Crippen molar-refractivity contribution < 1.29 is 5.11 Å². The molecule has 1 aliphatic rings. The highest BCUT2D eigenvalue weighted by molar-refractivity contribution is 5.47. The van der Waals surface area contributed by atoms with Gasteiger partial charge >= 0.3 is 0 Å². The van der Waals surface area contributed by atoms with E-state index >= 15 is 0 Å². The lowest BCUT2D eigenvalue weighted by atomic mass is 9.78. The number of hydrogen-bond acceptors (Lipinski definition) is 2. The predicted octanol–water partition coefficient (Wildman–Crippen LogP) is 1.56. The first-order chi connectivity index (χ1) is 5.31. The lowest BCUT2D eigenvalue weighted by Crippen LogP contribution is -2.14. The molecule has 2 heteroatoms. The van der Waals surface area contributed by atoms with E-state index < -0.39 is 0 Å². The van der Waals surface area contributed by atoms with Crippen LogP contribution in [0.2, 0.25) is 0 Å². The van der Waals surface area contributed by atoms with Gasteiger partial charge in [-0.05, 0) is 29.7 Å². The Balaban J connectivity index is 2.44. The minimum Gasteiger partial charge on any atom is -0.508 e. The van der Waals surface area contributed by atoms with Crippen LogP contribution >= 0.6 is 0 Å². The van der Waals surface area contributed by atoms with E-state index in [-0.39, 0.29) is 5.92 Å². The third-order valence-electron chi connectivity index (χ3n) is 2.08. The average Bonchev–Trinajstić information content (AvgIpc) is 1.95. The first-order valence-electron chi connectivity index (χ1n) is 3.52. The fourth-order valence-corrected chi connectivity index (χ4v) is 1.42. The summed E-state index contributed by atoms with van der Waals surface area (Å²) < 4.78 is 0. The van der Waals surface area contributed by atoms with Gasteiger partial charge in [0, 0.05) is 0 Å². The molecule has 0 aliphatic heterocycles. The second kappa shape index (κ2) is 2.00. The topological polar surface area (TPSA) is 44.0 Å². The van der Waals surface area contributed by atoms with Crippen LogP contribution in [0.25, 0.3) is 0 Å². The summed E-state index contributed by atoms with van der Waals surface area (Å²) in [6.07, 6.45) is 0.792. The van der Waals surface area contributed by atoms with E-state index in [0.29, 0.717) is 5.75 Å². The molecule has 1 atom stereocenters. The normalized spacial score (nSPS) is 19.7. The van der Waals surface area contributed by atoms with Gasteiger partial charge in [-0.25, -0.2) is 0 Å². The number of fused-ring (bicyclic) bond motifs is 1. The molecule has 0 saturated heterocycles. The number of hydrogen-bond donors (Lipinski definition) is 1. The van der Waals surface area contributed by atoms with Gasteiger partial charge in [0.25, 0.3) is 0 Å². The molecule has 54 valence electrons. The number of nitriles is 1. The molecule has 0 aromatic heterocycles. The second-order valence-electron chi connectivity index (χ2n) is 2.77. The van der Waals surface area contributed by atoms with E-state index in [0.717, 1.165) is 17.5 Å². The fourth-order valence-electron chi connectivity index (χ4n) is 1.42. The summed E-state index contributed by atoms with van der Waals surface area (Å²) >= 11 is 0. The zero-order valence-electron chi connectivity index (χ0n) is 5.91. The van der Waals surface area contributed by atoms with Crippen LogP contribution < -0.4 is 0 Å². The molecule has 0 heterocycles. The Morgan fingerprint density at radius 3 is 3.00 bits per heavy atom. The molecule has 0 fully saturated rings. The molecule has 0 bridgehead atoms. The Kier molecular flexibility index (Phi) is 1.13. The van der Waals surface area contributed by atoms with Crippen molar-refractivity contribution in [1.29, 1.82) is 5.26 Å². The summed E-state index contributed by atoms with van der Waals surface area (Å²) in [4.78, 5) is 0. The van der Waals surface area contributed by atoms with Crippen LogP contribution in [0.4, 0.5) is 0 Å². The van der Waals surface area contributed by atoms with Crippen LogP contribution in [0.1, 0.15) is 17.0 Å². The third-order valence-corrected chi connectivity index (χ3v) is 2.08. The molecule has 11 heavy (non-hydrogen) atoms. The molecule has 0 radical (unpaired) electrons. The van der Waals surface area contributed by atoms with Crippen molar-refractivity contribution in [2.24, 2.45) is 0 Å². The van der Waals surface area contributed by atoms with Crippen molar-refractivity contribution in [2.45, 2.75) is 12.3 Å². The highest BCUT2D eigenvalue weighted by Gasteiger charge is 2.25. The van der Waals surface area contributed by atoms with Crippen molar-refractivity contribution >= 4 is 0 Å². The number of aromatic hydroxyl groups is 1. The Bertz CT molecular complexity index is 338. The summed E-state index contributed by atoms with van der Waals surface area (Å²) in [6.45, 7) is 0. The van der Waals surface area contributed by atoms with Crippen molar-refractivity contribution in [3.8, 4) is 11.8 Å². The van der Waals surface area contributed by atoms with E-state index in [9.17, 15) is 0 Å². The van der Waals surface area contributed by atoms with Crippen LogP contribution in [0.15, 0.2) is 18.2 Å². The molecule has 0 saturated carbocycles. The Hall–Kier alpha value is -1.49. The van der Waals surface area contributed by atoms with E-state index in [2.05, 4.69) is 6.07 Å². The van der Waals surface area contributed by atoms with Gasteiger partial charge in [-0.2, -0.15) is 5.26 Å². The Morgan fingerprint density at radius 1 is 1.55 bits per heavy atom. The standard InChI is InChI=1S/C9H7NO/c10-5-7-3-6-4-8(11)1-2-9(6)7/h1-2,4,7,11H,3H2. The molecular weight excluding hydrogens is 138 g/mol. The van der Waals surface area contributed by atoms with E-state index in [4.69, 9.17) is 10.4 Å². The molecular formula is C9H7NO. The molecule has 2 nitrogen and oxygen atoms in total. The largest absolute Gasteiger partial charge is 0.508 e. The molecule has 1 aromatic carbocycles. The summed E-state index contributed by atoms with van der Waals surface area (Å²) in [5, 5.41) is 17.6. The fraction of sp³-hybridized carbons (Fsp3) is 0.222. The Morgan fingerprint density at radius 2 is 2.36 bits per heavy atom. The SMILES string of the molecule is N#CC1Cc2cc(O)ccc21. The van der Waals surface area contributed by atoms with Gasteiger partial charge in [-0.1, -0.05) is 6.07 Å². The monoisotopic (exact) mass is 145 g/mol. The molecule has 1 aromatic rings. The number of benzene rings is 1. The van der Waals surface area contributed by atoms with Crippen molar-refractivity contribution in [1.82, 2.24) is 0 Å². The maximum absolute atomic E-state index is 9.05. The van der Waals surface area contributed by atoms with Gasteiger partial charge in [0.15, 0.2) is 0 Å². The number of phenolic OH excluding ortho intramolecular Hbond substituents is 1. The highest BCUT2D eigenvalue weighted by Crippen LogP contribution is 2.36. The smallest absolute Gasteiger partial charge is 0.115 e. The van der Waals surface area contributed by atoms with Crippen LogP contribution in [0.3, 0.4) is 0 Å². The minimum absolute atomic E-state index is 0.0607. The van der Waals surface area contributed by atoms with Crippen LogP contribution in [0, 0.1) is 11.3 Å². The Labute approximate surface area is 64.7 Å². The van der Waals surface area contributed by atoms with Gasteiger partial charge in [0.1, 0.15) is 5.75 Å². The molecule has 1 unspecified atom stereocenters. The molecule has 0 spiro atoms. The number of phenols is 1. The summed E-state index contributed by atoms with van der Waals surface area (Å²) in [6, 6.07) is 7.37. The maximum atomic E-state index is 9.05. The predicted molar refractivity (Wildman–Crippen MR) is 40.2 cm³/mol. The van der Waals surface area contributed by atoms with E-state index in [1.807, 2.05) is 6.07 Å². The lowest BCUT2D eigenvalue weighted by Gasteiger charge is -2.23. The van der Waals surface area contributed by atoms with Gasteiger partial charge in [0.2, 0.25) is 0 Å². The lowest BCUT2D eigenvalue weighted by molar-refractivity contribution is 0.472. The molecule has 2 rings (SSSR count).